The van der Waals surface area contributed by atoms with Crippen molar-refractivity contribution in [3.63, 3.8) is 0 Å². The number of ether oxygens (including phenoxy) is 3. The first-order valence-electron chi connectivity index (χ1n) is 13.4. The van der Waals surface area contributed by atoms with Gasteiger partial charge in [-0.1, -0.05) is 45.0 Å². The normalized spacial score (nSPS) is 18.4. The van der Waals surface area contributed by atoms with Gasteiger partial charge in [0.1, 0.15) is 23.9 Å². The molecule has 7 nitrogen and oxygen atoms in total. The van der Waals surface area contributed by atoms with Crippen molar-refractivity contribution in [2.45, 2.75) is 59.5 Å². The summed E-state index contributed by atoms with van der Waals surface area (Å²) in [4.78, 5) is 11.4. The third kappa shape index (κ3) is 5.34. The summed E-state index contributed by atoms with van der Waals surface area (Å²) in [5, 5.41) is 13.6. The molecule has 5 rings (SSSR count). The number of carbonyl (C=O) groups is 1. The smallest absolute Gasteiger partial charge is 0.303 e. The van der Waals surface area contributed by atoms with Gasteiger partial charge in [0.2, 0.25) is 5.76 Å². The molecule has 208 valence electrons. The average Bonchev–Trinajstić information content (AvgIpc) is 3.75. The zero-order chi connectivity index (χ0) is 27.9. The minimum absolute atomic E-state index is 0.0371. The number of methoxy groups -OCH3 is 1. The first-order valence-corrected chi connectivity index (χ1v) is 13.4. The molecule has 0 aliphatic heterocycles. The van der Waals surface area contributed by atoms with Crippen LogP contribution in [0.5, 0.6) is 17.2 Å². The van der Waals surface area contributed by atoms with Crippen LogP contribution in [0.4, 0.5) is 4.39 Å². The molecule has 2 aromatic carbocycles. The number of benzene rings is 2. The number of aromatic nitrogens is 1. The van der Waals surface area contributed by atoms with E-state index in [2.05, 4.69) is 32.9 Å². The van der Waals surface area contributed by atoms with Gasteiger partial charge in [-0.25, -0.2) is 4.39 Å². The molecule has 1 atom stereocenters. The number of carboxylic acid groups (broad SMARTS) is 1. The Bertz CT molecular complexity index is 1340. The highest BCUT2D eigenvalue weighted by Gasteiger charge is 2.64. The monoisotopic (exact) mass is 537 g/mol. The molecule has 0 radical (unpaired) electrons. The lowest BCUT2D eigenvalue weighted by Crippen LogP contribution is -2.09. The fourth-order valence-corrected chi connectivity index (χ4v) is 5.68. The Morgan fingerprint density at radius 3 is 2.49 bits per heavy atom. The lowest BCUT2D eigenvalue weighted by Gasteiger charge is -2.16. The van der Waals surface area contributed by atoms with E-state index in [0.717, 1.165) is 18.4 Å². The maximum Gasteiger partial charge on any atom is 0.303 e. The lowest BCUT2D eigenvalue weighted by molar-refractivity contribution is -0.137. The van der Waals surface area contributed by atoms with Gasteiger partial charge in [0.25, 0.3) is 0 Å². The van der Waals surface area contributed by atoms with Gasteiger partial charge >= 0.3 is 5.97 Å². The molecular formula is C31H36FNO6. The number of hydrogen-bond donors (Lipinski definition) is 1. The van der Waals surface area contributed by atoms with Crippen LogP contribution in [0.25, 0.3) is 11.3 Å². The van der Waals surface area contributed by atoms with Gasteiger partial charge < -0.3 is 23.8 Å². The Kier molecular flexibility index (Phi) is 7.08. The average molecular weight is 538 g/mol. The van der Waals surface area contributed by atoms with E-state index in [1.807, 2.05) is 24.3 Å². The lowest BCUT2D eigenvalue weighted by atomic mass is 9.91. The number of aliphatic carboxylic acids is 1. The van der Waals surface area contributed by atoms with E-state index in [9.17, 15) is 14.3 Å². The van der Waals surface area contributed by atoms with Gasteiger partial charge in [-0.3, -0.25) is 4.79 Å². The Morgan fingerprint density at radius 1 is 1.10 bits per heavy atom. The molecule has 2 saturated carbocycles. The quantitative estimate of drug-likeness (QED) is 0.264. The van der Waals surface area contributed by atoms with Crippen LogP contribution in [0.15, 0.2) is 47.0 Å². The fourth-order valence-electron chi connectivity index (χ4n) is 5.68. The molecule has 0 unspecified atom stereocenters. The van der Waals surface area contributed by atoms with Gasteiger partial charge in [-0.2, -0.15) is 0 Å². The summed E-state index contributed by atoms with van der Waals surface area (Å²) in [5.74, 6) is 0.991. The Balaban J connectivity index is 1.40. The van der Waals surface area contributed by atoms with Crippen LogP contribution in [0, 0.1) is 28.5 Å². The van der Waals surface area contributed by atoms with Crippen molar-refractivity contribution >= 4 is 5.97 Å². The molecule has 0 saturated heterocycles. The van der Waals surface area contributed by atoms with E-state index in [4.69, 9.17) is 18.7 Å². The topological polar surface area (TPSA) is 91.0 Å². The first-order chi connectivity index (χ1) is 18.5. The number of nitrogens with zero attached hydrogens (tertiary/aromatic N) is 1. The van der Waals surface area contributed by atoms with Crippen LogP contribution in [-0.2, 0) is 11.4 Å². The molecule has 1 heterocycles. The molecule has 2 fully saturated rings. The number of carboxylic acids is 1. The molecular weight excluding hydrogens is 501 g/mol. The van der Waals surface area contributed by atoms with Crippen molar-refractivity contribution < 1.29 is 33.0 Å². The van der Waals surface area contributed by atoms with Crippen molar-refractivity contribution in [3.05, 3.63) is 59.5 Å². The molecule has 0 bridgehead atoms. The molecule has 1 N–H and O–H groups in total. The maximum absolute atomic E-state index is 14.9. The molecule has 0 amide bonds. The van der Waals surface area contributed by atoms with Crippen molar-refractivity contribution in [1.82, 2.24) is 5.16 Å². The molecule has 3 aromatic rings. The largest absolute Gasteiger partial charge is 0.497 e. The highest BCUT2D eigenvalue weighted by atomic mass is 19.1. The van der Waals surface area contributed by atoms with E-state index < -0.39 is 11.8 Å². The van der Waals surface area contributed by atoms with Gasteiger partial charge in [0, 0.05) is 5.92 Å². The Hall–Kier alpha value is -3.55. The molecule has 1 aromatic heterocycles. The molecule has 2 aliphatic rings. The summed E-state index contributed by atoms with van der Waals surface area (Å²) in [6.45, 7) is 9.33. The van der Waals surface area contributed by atoms with Crippen molar-refractivity contribution in [2.75, 3.05) is 13.7 Å². The van der Waals surface area contributed by atoms with Gasteiger partial charge in [0.15, 0.2) is 11.4 Å². The van der Waals surface area contributed by atoms with Crippen LogP contribution in [-0.4, -0.2) is 29.9 Å². The summed E-state index contributed by atoms with van der Waals surface area (Å²) in [7, 11) is 1.52. The van der Waals surface area contributed by atoms with E-state index in [1.54, 1.807) is 12.1 Å². The Morgan fingerprint density at radius 2 is 1.85 bits per heavy atom. The van der Waals surface area contributed by atoms with Crippen LogP contribution < -0.4 is 14.2 Å². The molecule has 0 spiro atoms. The van der Waals surface area contributed by atoms with E-state index in [0.29, 0.717) is 41.4 Å². The second kappa shape index (κ2) is 10.2. The highest BCUT2D eigenvalue weighted by molar-refractivity contribution is 5.68. The summed E-state index contributed by atoms with van der Waals surface area (Å²) in [6, 6.07) is 12.0. The van der Waals surface area contributed by atoms with Crippen LogP contribution >= 0.6 is 0 Å². The van der Waals surface area contributed by atoms with Crippen molar-refractivity contribution in [1.29, 1.82) is 0 Å². The molecule has 2 aliphatic carbocycles. The summed E-state index contributed by atoms with van der Waals surface area (Å²) >= 11 is 0. The van der Waals surface area contributed by atoms with Crippen molar-refractivity contribution in [3.8, 4) is 28.6 Å². The van der Waals surface area contributed by atoms with Crippen LogP contribution in [0.2, 0.25) is 0 Å². The SMILES string of the molecule is COc1ccc(F)c(-c2onc(COc3cccc([C@@H](CC(=O)O)C4CC4)c3)c2OCC2C(C)(C)C2(C)C)c1. The van der Waals surface area contributed by atoms with Gasteiger partial charge in [-0.15, -0.1) is 0 Å². The van der Waals surface area contributed by atoms with Crippen molar-refractivity contribution in [2.24, 2.45) is 22.7 Å². The summed E-state index contributed by atoms with van der Waals surface area (Å²) < 4.78 is 38.2. The standard InChI is InChI=1S/C31H36FNO6/c1-30(2)26(31(30,3)4)17-38-29-25(33-39-28(29)23-14-20(36-5)11-12-24(23)32)16-37-21-8-6-7-19(13-21)22(15-27(34)35)18-9-10-18/h6-8,11-14,18,22,26H,9-10,15-17H2,1-5H3,(H,34,35)/t22-/m0/s1. The highest BCUT2D eigenvalue weighted by Crippen LogP contribution is 2.68. The first kappa shape index (κ1) is 27.0. The second-order valence-corrected chi connectivity index (χ2v) is 11.8. The molecule has 39 heavy (non-hydrogen) atoms. The second-order valence-electron chi connectivity index (χ2n) is 11.8. The zero-order valence-corrected chi connectivity index (χ0v) is 23.1. The number of rotatable bonds is 12. The van der Waals surface area contributed by atoms with Gasteiger partial charge in [-0.05, 0) is 71.4 Å². The number of hydrogen-bond acceptors (Lipinski definition) is 6. The predicted molar refractivity (Wildman–Crippen MR) is 143 cm³/mol. The van der Waals surface area contributed by atoms with Crippen LogP contribution in [0.3, 0.4) is 0 Å². The van der Waals surface area contributed by atoms with Gasteiger partial charge in [0.05, 0.1) is 25.7 Å². The minimum atomic E-state index is -0.804. The minimum Gasteiger partial charge on any atom is -0.497 e. The van der Waals surface area contributed by atoms with E-state index >= 15 is 0 Å². The fraction of sp³-hybridized carbons (Fsp3) is 0.484. The zero-order valence-electron chi connectivity index (χ0n) is 23.1. The van der Waals surface area contributed by atoms with E-state index in [1.165, 1.54) is 13.2 Å². The summed E-state index contributed by atoms with van der Waals surface area (Å²) in [5.41, 5.74) is 1.78. The van der Waals surface area contributed by atoms with Crippen LogP contribution in [0.1, 0.15) is 64.1 Å². The third-order valence-corrected chi connectivity index (χ3v) is 9.09. The maximum atomic E-state index is 14.9. The number of halogens is 1. The summed E-state index contributed by atoms with van der Waals surface area (Å²) in [6.07, 6.45) is 2.18. The predicted octanol–water partition coefficient (Wildman–Crippen LogP) is 7.10. The van der Waals surface area contributed by atoms with E-state index in [-0.39, 0.29) is 41.1 Å². The Labute approximate surface area is 228 Å². The molecule has 8 heteroatoms. The third-order valence-electron chi connectivity index (χ3n) is 9.09.